The number of amides is 1. The van der Waals surface area contributed by atoms with Gasteiger partial charge in [0.25, 0.3) is 5.91 Å². The number of rotatable bonds is 3. The van der Waals surface area contributed by atoms with Crippen LogP contribution < -0.4 is 5.32 Å². The minimum absolute atomic E-state index is 0.169. The summed E-state index contributed by atoms with van der Waals surface area (Å²) in [5.74, 6) is -0.192. The molecule has 27 heavy (non-hydrogen) atoms. The second kappa shape index (κ2) is 6.42. The fourth-order valence-corrected chi connectivity index (χ4v) is 4.19. The highest BCUT2D eigenvalue weighted by Crippen LogP contribution is 2.31. The minimum Gasteiger partial charge on any atom is -0.298 e. The first-order valence-corrected chi connectivity index (χ1v) is 9.69. The van der Waals surface area contributed by atoms with Gasteiger partial charge in [-0.05, 0) is 51.8 Å². The Labute approximate surface area is 161 Å². The van der Waals surface area contributed by atoms with E-state index in [-0.39, 0.29) is 11.9 Å². The van der Waals surface area contributed by atoms with Gasteiger partial charge in [0.05, 0.1) is 27.4 Å². The highest BCUT2D eigenvalue weighted by atomic mass is 32.1. The Hall–Kier alpha value is -2.80. The molecule has 1 N–H and O–H groups in total. The zero-order chi connectivity index (χ0) is 19.3. The maximum Gasteiger partial charge on any atom is 0.258 e. The van der Waals surface area contributed by atoms with Crippen molar-refractivity contribution in [3.05, 3.63) is 46.8 Å². The van der Waals surface area contributed by atoms with E-state index >= 15 is 0 Å². The summed E-state index contributed by atoms with van der Waals surface area (Å²) in [5.41, 5.74) is 5.29. The zero-order valence-electron chi connectivity index (χ0n) is 16.0. The lowest BCUT2D eigenvalue weighted by Gasteiger charge is -2.08. The standard InChI is InChI=1S/C20H21N5OS/c1-10(2)25-18-15(9-21-25)14(8-13(5)22-18)19(26)24-20-23-16-11(3)6-7-12(4)17(16)27-20/h6-10H,1-5H3,(H,23,24,26). The molecule has 1 aromatic carbocycles. The molecular formula is C20H21N5OS. The summed E-state index contributed by atoms with van der Waals surface area (Å²) in [6.07, 6.45) is 1.71. The van der Waals surface area contributed by atoms with E-state index in [1.54, 1.807) is 12.3 Å². The lowest BCUT2D eigenvalue weighted by molar-refractivity contribution is 0.102. The molecule has 4 aromatic rings. The Bertz CT molecular complexity index is 1150. The Morgan fingerprint density at radius 2 is 1.89 bits per heavy atom. The molecule has 6 nitrogen and oxygen atoms in total. The van der Waals surface area contributed by atoms with Crippen LogP contribution in [0.15, 0.2) is 24.4 Å². The van der Waals surface area contributed by atoms with Crippen LogP contribution in [0.2, 0.25) is 0 Å². The molecule has 0 radical (unpaired) electrons. The number of fused-ring (bicyclic) bond motifs is 2. The number of aromatic nitrogens is 4. The van der Waals surface area contributed by atoms with Crippen molar-refractivity contribution >= 4 is 43.6 Å². The first-order chi connectivity index (χ1) is 12.8. The van der Waals surface area contributed by atoms with E-state index in [9.17, 15) is 4.79 Å². The fraction of sp³-hybridized carbons (Fsp3) is 0.300. The molecule has 4 rings (SSSR count). The van der Waals surface area contributed by atoms with E-state index < -0.39 is 0 Å². The van der Waals surface area contributed by atoms with Crippen molar-refractivity contribution in [2.75, 3.05) is 5.32 Å². The number of nitrogens with zero attached hydrogens (tertiary/aromatic N) is 4. The van der Waals surface area contributed by atoms with E-state index in [1.165, 1.54) is 11.3 Å². The zero-order valence-corrected chi connectivity index (χ0v) is 16.8. The minimum atomic E-state index is -0.192. The molecule has 0 unspecified atom stereocenters. The molecule has 1 amide bonds. The Morgan fingerprint density at radius 3 is 2.59 bits per heavy atom. The Kier molecular flexibility index (Phi) is 4.19. The van der Waals surface area contributed by atoms with Gasteiger partial charge in [0.15, 0.2) is 10.8 Å². The number of carbonyl (C=O) groups is 1. The third-order valence-corrected chi connectivity index (χ3v) is 5.70. The fourth-order valence-electron chi connectivity index (χ4n) is 3.19. The van der Waals surface area contributed by atoms with Crippen LogP contribution in [0.1, 0.15) is 47.1 Å². The largest absolute Gasteiger partial charge is 0.298 e. The first-order valence-electron chi connectivity index (χ1n) is 8.88. The van der Waals surface area contributed by atoms with Gasteiger partial charge >= 0.3 is 0 Å². The molecular weight excluding hydrogens is 358 g/mol. The average molecular weight is 379 g/mol. The maximum absolute atomic E-state index is 13.0. The summed E-state index contributed by atoms with van der Waals surface area (Å²) in [5, 5.41) is 8.72. The van der Waals surface area contributed by atoms with Crippen LogP contribution in [0.3, 0.4) is 0 Å². The number of aryl methyl sites for hydroxylation is 3. The van der Waals surface area contributed by atoms with Crippen LogP contribution in [0.25, 0.3) is 21.3 Å². The van der Waals surface area contributed by atoms with E-state index in [4.69, 9.17) is 0 Å². The van der Waals surface area contributed by atoms with Gasteiger partial charge < -0.3 is 0 Å². The third-order valence-electron chi connectivity index (χ3n) is 4.59. The van der Waals surface area contributed by atoms with Crippen molar-refractivity contribution in [2.24, 2.45) is 0 Å². The highest BCUT2D eigenvalue weighted by Gasteiger charge is 2.18. The Morgan fingerprint density at radius 1 is 1.15 bits per heavy atom. The molecule has 0 aliphatic carbocycles. The number of thiazole rings is 1. The molecule has 0 saturated carbocycles. The number of pyridine rings is 1. The third kappa shape index (κ3) is 2.98. The van der Waals surface area contributed by atoms with E-state index in [0.717, 1.165) is 38.1 Å². The molecule has 0 spiro atoms. The van der Waals surface area contributed by atoms with Crippen LogP contribution in [-0.4, -0.2) is 25.7 Å². The van der Waals surface area contributed by atoms with Gasteiger partial charge in [-0.15, -0.1) is 0 Å². The maximum atomic E-state index is 13.0. The molecule has 0 aliphatic rings. The van der Waals surface area contributed by atoms with Crippen molar-refractivity contribution in [3.8, 4) is 0 Å². The number of hydrogen-bond donors (Lipinski definition) is 1. The molecule has 3 aromatic heterocycles. The molecule has 3 heterocycles. The second-order valence-corrected chi connectivity index (χ2v) is 8.08. The number of nitrogens with one attached hydrogen (secondary N) is 1. The molecule has 138 valence electrons. The summed E-state index contributed by atoms with van der Waals surface area (Å²) in [4.78, 5) is 22.2. The van der Waals surface area contributed by atoms with Crippen LogP contribution >= 0.6 is 11.3 Å². The predicted octanol–water partition coefficient (Wildman–Crippen LogP) is 4.80. The van der Waals surface area contributed by atoms with Crippen molar-refractivity contribution in [1.82, 2.24) is 19.7 Å². The molecule has 0 saturated heterocycles. The van der Waals surface area contributed by atoms with Crippen molar-refractivity contribution < 1.29 is 4.79 Å². The summed E-state index contributed by atoms with van der Waals surface area (Å²) in [6, 6.07) is 6.10. The quantitative estimate of drug-likeness (QED) is 0.555. The summed E-state index contributed by atoms with van der Waals surface area (Å²) in [6.45, 7) is 10.1. The van der Waals surface area contributed by atoms with E-state index in [2.05, 4.69) is 39.4 Å². The van der Waals surface area contributed by atoms with Crippen LogP contribution in [0.4, 0.5) is 5.13 Å². The van der Waals surface area contributed by atoms with Gasteiger partial charge in [-0.25, -0.2) is 14.6 Å². The van der Waals surface area contributed by atoms with Gasteiger partial charge in [0.2, 0.25) is 0 Å². The molecule has 7 heteroatoms. The molecule has 0 atom stereocenters. The van der Waals surface area contributed by atoms with Gasteiger partial charge in [-0.2, -0.15) is 5.10 Å². The number of hydrogen-bond acceptors (Lipinski definition) is 5. The van der Waals surface area contributed by atoms with Crippen molar-refractivity contribution in [1.29, 1.82) is 0 Å². The molecule has 0 fully saturated rings. The second-order valence-electron chi connectivity index (χ2n) is 7.08. The predicted molar refractivity (Wildman–Crippen MR) is 110 cm³/mol. The van der Waals surface area contributed by atoms with Crippen LogP contribution in [-0.2, 0) is 0 Å². The first kappa shape index (κ1) is 17.6. The SMILES string of the molecule is Cc1cc(C(=O)Nc2nc3c(C)ccc(C)c3s2)c2cnn(C(C)C)c2n1. The van der Waals surface area contributed by atoms with Crippen LogP contribution in [0, 0.1) is 20.8 Å². The van der Waals surface area contributed by atoms with Gasteiger partial charge in [-0.3, -0.25) is 10.1 Å². The van der Waals surface area contributed by atoms with E-state index in [1.807, 2.05) is 32.4 Å². The van der Waals surface area contributed by atoms with Gasteiger partial charge in [0.1, 0.15) is 0 Å². The number of benzene rings is 1. The molecule has 0 bridgehead atoms. The topological polar surface area (TPSA) is 72.7 Å². The highest BCUT2D eigenvalue weighted by molar-refractivity contribution is 7.22. The van der Waals surface area contributed by atoms with Crippen molar-refractivity contribution in [2.45, 2.75) is 40.7 Å². The monoisotopic (exact) mass is 379 g/mol. The van der Waals surface area contributed by atoms with Gasteiger partial charge in [0, 0.05) is 11.7 Å². The lowest BCUT2D eigenvalue weighted by atomic mass is 10.1. The van der Waals surface area contributed by atoms with Crippen molar-refractivity contribution in [3.63, 3.8) is 0 Å². The average Bonchev–Trinajstić information content (AvgIpc) is 3.22. The van der Waals surface area contributed by atoms with Gasteiger partial charge in [-0.1, -0.05) is 23.5 Å². The lowest BCUT2D eigenvalue weighted by Crippen LogP contribution is -2.13. The number of carbonyl (C=O) groups excluding carboxylic acids is 1. The van der Waals surface area contributed by atoms with E-state index in [0.29, 0.717) is 10.7 Å². The summed E-state index contributed by atoms with van der Waals surface area (Å²) >= 11 is 1.50. The normalized spacial score (nSPS) is 11.6. The summed E-state index contributed by atoms with van der Waals surface area (Å²) < 4.78 is 2.94. The smallest absolute Gasteiger partial charge is 0.258 e. The van der Waals surface area contributed by atoms with Crippen LogP contribution in [0.5, 0.6) is 0 Å². The Balaban J connectivity index is 1.76. The summed E-state index contributed by atoms with van der Waals surface area (Å²) in [7, 11) is 0. The number of anilines is 1. The molecule has 0 aliphatic heterocycles.